The molecular formula is C14H9BrOS2. The first-order chi connectivity index (χ1) is 8.74. The minimum absolute atomic E-state index is 0.189. The van der Waals surface area contributed by atoms with Crippen LogP contribution in [0.3, 0.4) is 0 Å². The maximum Gasteiger partial charge on any atom is 0.177 e. The summed E-state index contributed by atoms with van der Waals surface area (Å²) in [4.78, 5) is 13.0. The summed E-state index contributed by atoms with van der Waals surface area (Å²) in [6.07, 6.45) is 0.483. The van der Waals surface area contributed by atoms with Crippen LogP contribution >= 0.6 is 38.6 Å². The van der Waals surface area contributed by atoms with E-state index in [2.05, 4.69) is 33.4 Å². The van der Waals surface area contributed by atoms with E-state index in [9.17, 15) is 4.79 Å². The number of thiophene rings is 2. The molecule has 0 saturated heterocycles. The van der Waals surface area contributed by atoms with Crippen LogP contribution in [0.15, 0.2) is 45.6 Å². The lowest BCUT2D eigenvalue weighted by atomic mass is 10.1. The molecule has 0 bridgehead atoms. The third-order valence-electron chi connectivity index (χ3n) is 2.75. The van der Waals surface area contributed by atoms with Crippen LogP contribution in [0, 0.1) is 0 Å². The van der Waals surface area contributed by atoms with Crippen LogP contribution in [0.25, 0.3) is 10.1 Å². The summed E-state index contributed by atoms with van der Waals surface area (Å²) in [6.45, 7) is 0. The van der Waals surface area contributed by atoms with Crippen molar-refractivity contribution < 1.29 is 4.79 Å². The highest BCUT2D eigenvalue weighted by molar-refractivity contribution is 9.10. The molecule has 3 aromatic rings. The van der Waals surface area contributed by atoms with Crippen LogP contribution in [-0.2, 0) is 6.42 Å². The number of rotatable bonds is 3. The lowest BCUT2D eigenvalue weighted by Crippen LogP contribution is -2.00. The third kappa shape index (κ3) is 2.28. The molecule has 2 aromatic heterocycles. The highest BCUT2D eigenvalue weighted by Gasteiger charge is 2.12. The summed E-state index contributed by atoms with van der Waals surface area (Å²) in [6, 6.07) is 10.1. The summed E-state index contributed by atoms with van der Waals surface area (Å²) in [7, 11) is 0. The van der Waals surface area contributed by atoms with Crippen LogP contribution < -0.4 is 0 Å². The van der Waals surface area contributed by atoms with Gasteiger partial charge in [-0.15, -0.1) is 22.7 Å². The summed E-state index contributed by atoms with van der Waals surface area (Å²) in [5.74, 6) is 0.189. The average molecular weight is 337 g/mol. The SMILES string of the molecule is O=C(Cc1csc2ccccc12)c1cc(Br)cs1. The van der Waals surface area contributed by atoms with E-state index in [0.29, 0.717) is 6.42 Å². The van der Waals surface area contributed by atoms with Gasteiger partial charge >= 0.3 is 0 Å². The standard InChI is InChI=1S/C14H9BrOS2/c15-10-6-14(18-8-10)12(16)5-9-7-17-13-4-2-1-3-11(9)13/h1-4,6-8H,5H2. The van der Waals surface area contributed by atoms with Crippen molar-refractivity contribution >= 4 is 54.5 Å². The quantitative estimate of drug-likeness (QED) is 0.604. The van der Waals surface area contributed by atoms with E-state index in [0.717, 1.165) is 14.9 Å². The minimum atomic E-state index is 0.189. The second-order valence-corrected chi connectivity index (χ2v) is 6.72. The zero-order valence-electron chi connectivity index (χ0n) is 9.35. The molecular weight excluding hydrogens is 328 g/mol. The Balaban J connectivity index is 1.90. The van der Waals surface area contributed by atoms with Crippen molar-refractivity contribution in [2.45, 2.75) is 6.42 Å². The van der Waals surface area contributed by atoms with E-state index >= 15 is 0 Å². The van der Waals surface area contributed by atoms with Crippen molar-refractivity contribution in [3.63, 3.8) is 0 Å². The second-order valence-electron chi connectivity index (χ2n) is 3.99. The Labute approximate surface area is 121 Å². The van der Waals surface area contributed by atoms with Crippen LogP contribution in [0.5, 0.6) is 0 Å². The molecule has 4 heteroatoms. The third-order valence-corrected chi connectivity index (χ3v) is 5.50. The van der Waals surface area contributed by atoms with Crippen LogP contribution in [0.2, 0.25) is 0 Å². The molecule has 0 N–H and O–H groups in total. The molecule has 90 valence electrons. The molecule has 3 rings (SSSR count). The lowest BCUT2D eigenvalue weighted by Gasteiger charge is -1.97. The molecule has 18 heavy (non-hydrogen) atoms. The fourth-order valence-corrected chi connectivity index (χ4v) is 4.22. The Kier molecular flexibility index (Phi) is 3.33. The van der Waals surface area contributed by atoms with E-state index in [1.165, 1.54) is 21.4 Å². The van der Waals surface area contributed by atoms with Gasteiger partial charge in [-0.2, -0.15) is 0 Å². The number of benzene rings is 1. The van der Waals surface area contributed by atoms with E-state index in [1.807, 2.05) is 23.6 Å². The highest BCUT2D eigenvalue weighted by atomic mass is 79.9. The fourth-order valence-electron chi connectivity index (χ4n) is 1.89. The Bertz CT molecular complexity index is 711. The van der Waals surface area contributed by atoms with Crippen molar-refractivity contribution in [1.29, 1.82) is 0 Å². The van der Waals surface area contributed by atoms with Gasteiger partial charge in [0.1, 0.15) is 0 Å². The van der Waals surface area contributed by atoms with Crippen molar-refractivity contribution in [2.75, 3.05) is 0 Å². The van der Waals surface area contributed by atoms with Gasteiger partial charge in [-0.05, 0) is 44.4 Å². The monoisotopic (exact) mass is 336 g/mol. The average Bonchev–Trinajstić information content (AvgIpc) is 2.97. The molecule has 0 atom stereocenters. The van der Waals surface area contributed by atoms with Gasteiger partial charge in [0.15, 0.2) is 5.78 Å². The topological polar surface area (TPSA) is 17.1 Å². The van der Waals surface area contributed by atoms with Gasteiger partial charge in [0.05, 0.1) is 4.88 Å². The molecule has 2 heterocycles. The smallest absolute Gasteiger partial charge is 0.177 e. The lowest BCUT2D eigenvalue weighted by molar-refractivity contribution is 0.0997. The van der Waals surface area contributed by atoms with Gasteiger partial charge in [-0.3, -0.25) is 4.79 Å². The predicted octanol–water partition coefficient (Wildman–Crippen LogP) is 5.15. The minimum Gasteiger partial charge on any atom is -0.293 e. The maximum absolute atomic E-state index is 12.2. The first-order valence-corrected chi connectivity index (χ1v) is 8.01. The van der Waals surface area contributed by atoms with Gasteiger partial charge in [0.25, 0.3) is 0 Å². The fraction of sp³-hybridized carbons (Fsp3) is 0.0714. The molecule has 0 spiro atoms. The normalized spacial score (nSPS) is 10.9. The van der Waals surface area contributed by atoms with Gasteiger partial charge in [-0.25, -0.2) is 0 Å². The van der Waals surface area contributed by atoms with Crippen molar-refractivity contribution in [3.05, 3.63) is 56.0 Å². The Morgan fingerprint density at radius 1 is 1.17 bits per heavy atom. The van der Waals surface area contributed by atoms with E-state index < -0.39 is 0 Å². The molecule has 1 aromatic carbocycles. The molecule has 0 aliphatic rings. The van der Waals surface area contributed by atoms with Crippen LogP contribution in [0.4, 0.5) is 0 Å². The summed E-state index contributed by atoms with van der Waals surface area (Å²) in [5.41, 5.74) is 1.13. The van der Waals surface area contributed by atoms with Gasteiger partial charge < -0.3 is 0 Å². The van der Waals surface area contributed by atoms with Crippen LogP contribution in [0.1, 0.15) is 15.2 Å². The van der Waals surface area contributed by atoms with E-state index in [1.54, 1.807) is 11.3 Å². The first-order valence-electron chi connectivity index (χ1n) is 5.46. The van der Waals surface area contributed by atoms with Gasteiger partial charge in [0.2, 0.25) is 0 Å². The largest absolute Gasteiger partial charge is 0.293 e. The predicted molar refractivity (Wildman–Crippen MR) is 81.9 cm³/mol. The molecule has 0 amide bonds. The number of carbonyl (C=O) groups is 1. The summed E-state index contributed by atoms with van der Waals surface area (Å²) in [5, 5.41) is 5.23. The van der Waals surface area contributed by atoms with Crippen molar-refractivity contribution in [2.24, 2.45) is 0 Å². The zero-order valence-corrected chi connectivity index (χ0v) is 12.6. The molecule has 0 radical (unpaired) electrons. The molecule has 1 nitrogen and oxygen atoms in total. The Hall–Kier alpha value is -0.970. The molecule has 0 unspecified atom stereocenters. The second kappa shape index (κ2) is 4.96. The highest BCUT2D eigenvalue weighted by Crippen LogP contribution is 2.28. The number of Topliss-reactive ketones (excluding diaryl/α,β-unsaturated/α-hetero) is 1. The summed E-state index contributed by atoms with van der Waals surface area (Å²) >= 11 is 6.57. The molecule has 0 fully saturated rings. The Morgan fingerprint density at radius 3 is 2.78 bits per heavy atom. The van der Waals surface area contributed by atoms with Gasteiger partial charge in [0, 0.05) is 21.0 Å². The molecule has 0 aliphatic carbocycles. The number of fused-ring (bicyclic) bond motifs is 1. The zero-order chi connectivity index (χ0) is 12.5. The van der Waals surface area contributed by atoms with Crippen LogP contribution in [-0.4, -0.2) is 5.78 Å². The van der Waals surface area contributed by atoms with Crippen molar-refractivity contribution in [1.82, 2.24) is 0 Å². The van der Waals surface area contributed by atoms with E-state index in [4.69, 9.17) is 0 Å². The van der Waals surface area contributed by atoms with E-state index in [-0.39, 0.29) is 5.78 Å². The number of hydrogen-bond acceptors (Lipinski definition) is 3. The molecule has 0 aliphatic heterocycles. The molecule has 0 saturated carbocycles. The number of hydrogen-bond donors (Lipinski definition) is 0. The first kappa shape index (κ1) is 12.1. The van der Waals surface area contributed by atoms with Crippen molar-refractivity contribution in [3.8, 4) is 0 Å². The number of ketones is 1. The maximum atomic E-state index is 12.2. The summed E-state index contributed by atoms with van der Waals surface area (Å²) < 4.78 is 2.22. The number of carbonyl (C=O) groups excluding carboxylic acids is 1. The number of halogens is 1. The van der Waals surface area contributed by atoms with Gasteiger partial charge in [-0.1, -0.05) is 18.2 Å². The Morgan fingerprint density at radius 2 is 2.00 bits per heavy atom.